The molecule has 1 fully saturated rings. The third-order valence-electron chi connectivity index (χ3n) is 7.01. The maximum absolute atomic E-state index is 14.9. The summed E-state index contributed by atoms with van der Waals surface area (Å²) in [6.07, 6.45) is 0.433. The van der Waals surface area contributed by atoms with Crippen molar-refractivity contribution in [3.8, 4) is 0 Å². The van der Waals surface area contributed by atoms with Gasteiger partial charge in [-0.3, -0.25) is 9.59 Å². The van der Waals surface area contributed by atoms with E-state index in [9.17, 15) is 23.2 Å². The van der Waals surface area contributed by atoms with Gasteiger partial charge >= 0.3 is 6.03 Å². The van der Waals surface area contributed by atoms with E-state index >= 15 is 0 Å². The van der Waals surface area contributed by atoms with Crippen molar-refractivity contribution in [3.63, 3.8) is 0 Å². The Morgan fingerprint density at radius 3 is 2.34 bits per heavy atom. The molecule has 204 valence electrons. The molecule has 8 nitrogen and oxygen atoms in total. The third-order valence-corrected chi connectivity index (χ3v) is 7.59. The van der Waals surface area contributed by atoms with E-state index in [2.05, 4.69) is 21.3 Å². The quantitative estimate of drug-likeness (QED) is 0.340. The number of primary amides is 1. The van der Waals surface area contributed by atoms with E-state index in [1.54, 1.807) is 0 Å². The van der Waals surface area contributed by atoms with Crippen LogP contribution in [0.1, 0.15) is 44.2 Å². The molecule has 4 atom stereocenters. The van der Waals surface area contributed by atoms with Crippen molar-refractivity contribution in [1.82, 2.24) is 16.0 Å². The highest BCUT2D eigenvalue weighted by molar-refractivity contribution is 6.31. The van der Waals surface area contributed by atoms with Crippen LogP contribution in [-0.2, 0) is 15.0 Å². The van der Waals surface area contributed by atoms with Gasteiger partial charge in [0.2, 0.25) is 11.8 Å². The Morgan fingerprint density at radius 1 is 1.05 bits per heavy atom. The smallest absolute Gasteiger partial charge is 0.312 e. The molecule has 2 heterocycles. The predicted molar refractivity (Wildman–Crippen MR) is 141 cm³/mol. The van der Waals surface area contributed by atoms with Gasteiger partial charge in [0.05, 0.1) is 16.1 Å². The molecule has 2 aromatic rings. The Morgan fingerprint density at radius 2 is 1.71 bits per heavy atom. The van der Waals surface area contributed by atoms with Gasteiger partial charge < -0.3 is 27.0 Å². The van der Waals surface area contributed by atoms with Crippen LogP contribution in [0.25, 0.3) is 0 Å². The van der Waals surface area contributed by atoms with Crippen molar-refractivity contribution in [2.75, 3.05) is 18.4 Å². The van der Waals surface area contributed by atoms with Gasteiger partial charge in [0.25, 0.3) is 0 Å². The highest BCUT2D eigenvalue weighted by atomic mass is 35.5. The molecular weight excluding hydrogens is 539 g/mol. The highest BCUT2D eigenvalue weighted by Crippen LogP contribution is 2.57. The number of nitrogens with one attached hydrogen (secondary N) is 4. The summed E-state index contributed by atoms with van der Waals surface area (Å²) in [4.78, 5) is 38.6. The zero-order valence-corrected chi connectivity index (χ0v) is 22.6. The second-order valence-corrected chi connectivity index (χ2v) is 11.6. The lowest BCUT2D eigenvalue weighted by atomic mass is 9.62. The molecule has 2 aromatic carbocycles. The Kier molecular flexibility index (Phi) is 7.62. The van der Waals surface area contributed by atoms with Gasteiger partial charge in [0.15, 0.2) is 0 Å². The zero-order chi connectivity index (χ0) is 28.0. The third kappa shape index (κ3) is 5.04. The minimum atomic E-state index is -1.46. The number of hydrogen-bond donors (Lipinski definition) is 5. The highest BCUT2D eigenvalue weighted by Gasteiger charge is 2.65. The molecule has 1 spiro atoms. The van der Waals surface area contributed by atoms with Crippen LogP contribution in [-0.4, -0.2) is 43.0 Å². The van der Waals surface area contributed by atoms with Crippen LogP contribution in [0.5, 0.6) is 0 Å². The van der Waals surface area contributed by atoms with Crippen molar-refractivity contribution in [2.24, 2.45) is 11.1 Å². The molecule has 0 radical (unpaired) electrons. The summed E-state index contributed by atoms with van der Waals surface area (Å²) >= 11 is 12.2. The average molecular weight is 568 g/mol. The Hall–Kier alpha value is -2.95. The normalized spacial score (nSPS) is 24.3. The predicted octanol–water partition coefficient (Wildman–Crippen LogP) is 3.81. The summed E-state index contributed by atoms with van der Waals surface area (Å²) in [5, 5.41) is 11.0. The molecular formula is C26H29Cl2F2N5O3. The van der Waals surface area contributed by atoms with Crippen LogP contribution < -0.4 is 27.0 Å². The molecule has 38 heavy (non-hydrogen) atoms. The molecule has 0 bridgehead atoms. The van der Waals surface area contributed by atoms with Crippen LogP contribution in [0.15, 0.2) is 30.3 Å². The molecule has 2 aliphatic heterocycles. The fourth-order valence-corrected chi connectivity index (χ4v) is 5.97. The summed E-state index contributed by atoms with van der Waals surface area (Å²) in [5.41, 5.74) is 4.45. The lowest BCUT2D eigenvalue weighted by molar-refractivity contribution is -0.123. The van der Waals surface area contributed by atoms with Gasteiger partial charge in [-0.2, -0.15) is 0 Å². The van der Waals surface area contributed by atoms with Gasteiger partial charge in [-0.15, -0.1) is 0 Å². The topological polar surface area (TPSA) is 125 Å². The van der Waals surface area contributed by atoms with E-state index in [1.807, 2.05) is 20.8 Å². The van der Waals surface area contributed by atoms with Crippen LogP contribution in [0.4, 0.5) is 19.3 Å². The first kappa shape index (κ1) is 28.1. The lowest BCUT2D eigenvalue weighted by Crippen LogP contribution is -2.49. The molecule has 4 unspecified atom stereocenters. The largest absolute Gasteiger partial charge is 0.353 e. The number of benzene rings is 2. The molecule has 0 saturated carbocycles. The van der Waals surface area contributed by atoms with E-state index in [4.69, 9.17) is 28.9 Å². The van der Waals surface area contributed by atoms with E-state index in [0.29, 0.717) is 23.2 Å². The number of nitrogens with two attached hydrogens (primary N) is 1. The monoisotopic (exact) mass is 567 g/mol. The number of amides is 4. The number of hydrogen-bond acceptors (Lipinski definition) is 4. The maximum atomic E-state index is 14.9. The molecule has 12 heteroatoms. The second kappa shape index (κ2) is 10.3. The summed E-state index contributed by atoms with van der Waals surface area (Å²) in [5.74, 6) is -3.18. The summed E-state index contributed by atoms with van der Waals surface area (Å²) < 4.78 is 29.1. The fourth-order valence-electron chi connectivity index (χ4n) is 5.62. The van der Waals surface area contributed by atoms with Gasteiger partial charge in [0, 0.05) is 30.7 Å². The van der Waals surface area contributed by atoms with Crippen LogP contribution in [0, 0.1) is 17.0 Å². The number of fused-ring (bicyclic) bond motifs is 2. The fraction of sp³-hybridized carbons (Fsp3) is 0.423. The standard InChI is InChI=1S/C26H29Cl2F2N5O3/c1-25(2,3)11-19-26(13-9-17(30)15(28)10-18(13)34-23(26)37)20(12-4-5-16(29)14(27)8-12)21(35-19)22(36)32-6-7-33-24(31)38/h4-5,8-10,19-21,35H,6-7,11H2,1-3H3,(H,32,36)(H,34,37)(H3,31,33,38). The van der Waals surface area contributed by atoms with Crippen LogP contribution in [0.3, 0.4) is 0 Å². The van der Waals surface area contributed by atoms with Gasteiger partial charge in [-0.1, -0.05) is 50.0 Å². The van der Waals surface area contributed by atoms with E-state index in [1.165, 1.54) is 30.3 Å². The van der Waals surface area contributed by atoms with Crippen molar-refractivity contribution in [2.45, 2.75) is 50.6 Å². The lowest BCUT2D eigenvalue weighted by Gasteiger charge is -2.37. The van der Waals surface area contributed by atoms with Crippen molar-refractivity contribution in [3.05, 3.63) is 63.1 Å². The number of rotatable bonds is 6. The van der Waals surface area contributed by atoms with Crippen molar-refractivity contribution >= 4 is 46.7 Å². The first-order valence-electron chi connectivity index (χ1n) is 12.1. The summed E-state index contributed by atoms with van der Waals surface area (Å²) in [6, 6.07) is 4.25. The van der Waals surface area contributed by atoms with E-state index < -0.39 is 52.9 Å². The summed E-state index contributed by atoms with van der Waals surface area (Å²) in [7, 11) is 0. The maximum Gasteiger partial charge on any atom is 0.312 e. The molecule has 4 rings (SSSR count). The van der Waals surface area contributed by atoms with Gasteiger partial charge in [-0.25, -0.2) is 13.6 Å². The minimum Gasteiger partial charge on any atom is -0.353 e. The molecule has 4 amide bonds. The number of carbonyl (C=O) groups is 3. The first-order chi connectivity index (χ1) is 17.8. The van der Waals surface area contributed by atoms with E-state index in [0.717, 1.165) is 0 Å². The van der Waals surface area contributed by atoms with Crippen LogP contribution in [0.2, 0.25) is 10.0 Å². The van der Waals surface area contributed by atoms with Crippen molar-refractivity contribution < 1.29 is 23.2 Å². The van der Waals surface area contributed by atoms with Gasteiger partial charge in [-0.05, 0) is 47.2 Å². The minimum absolute atomic E-state index is 0.0702. The second-order valence-electron chi connectivity index (χ2n) is 10.8. The molecule has 6 N–H and O–H groups in total. The Bertz CT molecular complexity index is 1300. The number of anilines is 1. The van der Waals surface area contributed by atoms with Gasteiger partial charge in [0.1, 0.15) is 17.0 Å². The van der Waals surface area contributed by atoms with E-state index in [-0.39, 0.29) is 28.5 Å². The molecule has 2 aliphatic rings. The summed E-state index contributed by atoms with van der Waals surface area (Å²) in [6.45, 7) is 6.13. The first-order valence-corrected chi connectivity index (χ1v) is 12.8. The average Bonchev–Trinajstić information content (AvgIpc) is 3.28. The molecule has 1 saturated heterocycles. The van der Waals surface area contributed by atoms with Crippen molar-refractivity contribution in [1.29, 1.82) is 0 Å². The Balaban J connectivity index is 1.90. The molecule has 0 aromatic heterocycles. The van der Waals surface area contributed by atoms with Crippen LogP contribution >= 0.6 is 23.2 Å². The molecule has 0 aliphatic carbocycles. The number of halogens is 4. The number of urea groups is 1. The SMILES string of the molecule is CC(C)(C)CC1NC(C(=O)NCCNC(N)=O)C(c2ccc(F)c(Cl)c2)C12C(=O)Nc1cc(Cl)c(F)cc12. The Labute approximate surface area is 229 Å². The number of carbonyl (C=O) groups excluding carboxylic acids is 3. The zero-order valence-electron chi connectivity index (χ0n) is 21.1.